The van der Waals surface area contributed by atoms with Crippen molar-refractivity contribution in [1.82, 2.24) is 9.58 Å². The molecular formula is C19H14BrN7O4. The number of aromatic hydroxyl groups is 1. The van der Waals surface area contributed by atoms with E-state index in [1.165, 1.54) is 20.0 Å². The van der Waals surface area contributed by atoms with Gasteiger partial charge in [-0.2, -0.15) is 15.2 Å². The number of nitrogens with one attached hydrogen (secondary N) is 1. The summed E-state index contributed by atoms with van der Waals surface area (Å²) in [6.07, 6.45) is 0. The van der Waals surface area contributed by atoms with E-state index < -0.39 is 23.3 Å². The Morgan fingerprint density at radius 2 is 1.81 bits per heavy atom. The average molecular weight is 484 g/mol. The molecule has 156 valence electrons. The second-order valence-corrected chi connectivity index (χ2v) is 7.12. The molecule has 3 rings (SSSR count). The predicted molar refractivity (Wildman–Crippen MR) is 111 cm³/mol. The zero-order chi connectivity index (χ0) is 23.0. The largest absolute Gasteiger partial charge is 0.492 e. The Hall–Kier alpha value is -4.03. The molecule has 31 heavy (non-hydrogen) atoms. The average Bonchev–Trinajstić information content (AvgIpc) is 2.99. The number of fused-ring (bicyclic) bond motifs is 1. The number of pyridine rings is 1. The molecule has 0 bridgehead atoms. The number of hydrogen-bond acceptors (Lipinski definition) is 9. The highest BCUT2D eigenvalue weighted by Crippen LogP contribution is 2.40. The summed E-state index contributed by atoms with van der Waals surface area (Å²) < 4.78 is 0.823. The molecule has 0 fully saturated rings. The second-order valence-electron chi connectivity index (χ2n) is 6.32. The Labute approximate surface area is 183 Å². The number of benzene rings is 1. The van der Waals surface area contributed by atoms with Gasteiger partial charge in [0, 0.05) is 19.2 Å². The number of amides is 2. The van der Waals surface area contributed by atoms with Crippen LogP contribution in [0.1, 0.15) is 44.3 Å². The van der Waals surface area contributed by atoms with Gasteiger partial charge in [0.05, 0.1) is 21.2 Å². The maximum absolute atomic E-state index is 12.6. The molecular weight excluding hydrogens is 470 g/mol. The number of carbonyl (C=O) groups excluding carboxylic acids is 2. The highest BCUT2D eigenvalue weighted by molar-refractivity contribution is 9.10. The Morgan fingerprint density at radius 3 is 2.35 bits per heavy atom. The number of rotatable bonds is 4. The van der Waals surface area contributed by atoms with E-state index >= 15 is 0 Å². The third-order valence-electron chi connectivity index (χ3n) is 4.77. The number of azo groups is 1. The fourth-order valence-corrected chi connectivity index (χ4v) is 3.86. The monoisotopic (exact) mass is 483 g/mol. The summed E-state index contributed by atoms with van der Waals surface area (Å²) in [5.41, 5.74) is 1.38. The molecule has 0 saturated heterocycles. The van der Waals surface area contributed by atoms with Crippen molar-refractivity contribution in [3.63, 3.8) is 0 Å². The Bertz CT molecular complexity index is 1330. The van der Waals surface area contributed by atoms with E-state index in [4.69, 9.17) is 0 Å². The number of halogens is 1. The zero-order valence-electron chi connectivity index (χ0n) is 16.5. The summed E-state index contributed by atoms with van der Waals surface area (Å²) in [7, 11) is 1.37. The molecule has 2 heterocycles. The number of hydrogen-bond donors (Lipinski definition) is 2. The first-order valence-corrected chi connectivity index (χ1v) is 9.63. The Kier molecular flexibility index (Phi) is 5.60. The summed E-state index contributed by atoms with van der Waals surface area (Å²) in [4.78, 5) is 38.3. The van der Waals surface area contributed by atoms with Gasteiger partial charge >= 0.3 is 0 Å². The zero-order valence-corrected chi connectivity index (χ0v) is 18.1. The normalized spacial score (nSPS) is 12.8. The lowest BCUT2D eigenvalue weighted by molar-refractivity contribution is 0.0662. The van der Waals surface area contributed by atoms with Crippen LogP contribution >= 0.6 is 15.9 Å². The first-order chi connectivity index (χ1) is 14.7. The van der Waals surface area contributed by atoms with E-state index in [2.05, 4.69) is 31.6 Å². The lowest BCUT2D eigenvalue weighted by Gasteiger charge is -2.12. The molecule has 0 unspecified atom stereocenters. The number of imide groups is 1. The van der Waals surface area contributed by atoms with Crippen LogP contribution < -0.4 is 11.0 Å². The van der Waals surface area contributed by atoms with E-state index in [-0.39, 0.29) is 50.2 Å². The second kappa shape index (κ2) is 8.01. The number of nitriles is 2. The number of aromatic nitrogens is 1. The van der Waals surface area contributed by atoms with Gasteiger partial charge in [-0.3, -0.25) is 19.3 Å². The fourth-order valence-electron chi connectivity index (χ4n) is 3.18. The molecule has 0 radical (unpaired) electrons. The van der Waals surface area contributed by atoms with Crippen LogP contribution in [0.15, 0.2) is 25.6 Å². The molecule has 2 amide bonds. The quantitative estimate of drug-likeness (QED) is 0.497. The number of carbonyl (C=O) groups is 2. The van der Waals surface area contributed by atoms with E-state index in [0.717, 1.165) is 9.58 Å². The lowest BCUT2D eigenvalue weighted by atomic mass is 10.0. The molecule has 2 N–H and O–H groups in total. The van der Waals surface area contributed by atoms with Crippen molar-refractivity contribution < 1.29 is 14.7 Å². The van der Waals surface area contributed by atoms with E-state index in [1.807, 2.05) is 6.07 Å². The first kappa shape index (κ1) is 21.7. The van der Waals surface area contributed by atoms with Crippen LogP contribution in [0, 0.1) is 29.6 Å². The lowest BCUT2D eigenvalue weighted by Crippen LogP contribution is -2.29. The fraction of sp³-hybridized carbons (Fsp3) is 0.211. The van der Waals surface area contributed by atoms with Gasteiger partial charge in [-0.1, -0.05) is 0 Å². The minimum atomic E-state index is -0.765. The van der Waals surface area contributed by atoms with E-state index in [9.17, 15) is 30.0 Å². The van der Waals surface area contributed by atoms with E-state index in [0.29, 0.717) is 0 Å². The molecule has 0 aliphatic carbocycles. The van der Waals surface area contributed by atoms with Gasteiger partial charge in [0.1, 0.15) is 23.4 Å². The third-order valence-corrected chi connectivity index (χ3v) is 5.54. The van der Waals surface area contributed by atoms with Gasteiger partial charge in [-0.25, -0.2) is 0 Å². The van der Waals surface area contributed by atoms with Crippen LogP contribution in [0.3, 0.4) is 0 Å². The van der Waals surface area contributed by atoms with Crippen molar-refractivity contribution >= 4 is 39.1 Å². The molecule has 1 aliphatic heterocycles. The molecule has 12 heteroatoms. The minimum Gasteiger partial charge on any atom is -0.492 e. The van der Waals surface area contributed by atoms with E-state index in [1.54, 1.807) is 13.0 Å². The summed E-state index contributed by atoms with van der Waals surface area (Å²) in [5.74, 6) is -1.65. The molecule has 1 aromatic heterocycles. The molecule has 0 atom stereocenters. The summed E-state index contributed by atoms with van der Waals surface area (Å²) in [5, 5.41) is 37.2. The SMILES string of the molecule is CCN1C(=O)c2cc(C#N)c(/N=N/c3c(C)c(C#N)c(=O)n(NC)c3O)c(Br)c2C1=O. The maximum Gasteiger partial charge on any atom is 0.290 e. The van der Waals surface area contributed by atoms with Crippen molar-refractivity contribution in [3.05, 3.63) is 48.7 Å². The number of nitrogens with zero attached hydrogens (tertiary/aromatic N) is 6. The first-order valence-electron chi connectivity index (χ1n) is 8.84. The maximum atomic E-state index is 12.6. The summed E-state index contributed by atoms with van der Waals surface area (Å²) in [6.45, 7) is 3.22. The predicted octanol–water partition coefficient (Wildman–Crippen LogP) is 2.57. The van der Waals surface area contributed by atoms with Crippen molar-refractivity contribution in [3.8, 4) is 18.0 Å². The van der Waals surface area contributed by atoms with Crippen LogP contribution in [0.2, 0.25) is 0 Å². The van der Waals surface area contributed by atoms with Crippen LogP contribution in [0.5, 0.6) is 5.88 Å². The molecule has 0 saturated carbocycles. The van der Waals surface area contributed by atoms with Crippen molar-refractivity contribution in [1.29, 1.82) is 10.5 Å². The Morgan fingerprint density at radius 1 is 1.16 bits per heavy atom. The van der Waals surface area contributed by atoms with Gasteiger partial charge in [0.15, 0.2) is 5.69 Å². The van der Waals surface area contributed by atoms with Crippen molar-refractivity contribution in [2.45, 2.75) is 13.8 Å². The smallest absolute Gasteiger partial charge is 0.290 e. The minimum absolute atomic E-state index is 0.0342. The van der Waals surface area contributed by atoms with Gasteiger partial charge in [-0.05, 0) is 35.8 Å². The Balaban J connectivity index is 2.25. The third kappa shape index (κ3) is 3.14. The molecule has 1 aromatic carbocycles. The van der Waals surface area contributed by atoms with Crippen LogP contribution in [-0.2, 0) is 0 Å². The van der Waals surface area contributed by atoms with Crippen LogP contribution in [0.25, 0.3) is 0 Å². The summed E-state index contributed by atoms with van der Waals surface area (Å²) >= 11 is 3.24. The van der Waals surface area contributed by atoms with Crippen LogP contribution in [-0.4, -0.2) is 40.1 Å². The topological polar surface area (TPSA) is 164 Å². The van der Waals surface area contributed by atoms with Crippen LogP contribution in [0.4, 0.5) is 11.4 Å². The molecule has 11 nitrogen and oxygen atoms in total. The standard InChI is InChI=1S/C19H14BrN7O4/c1-4-26-16(28)10-5-9(6-21)15(13(20)12(10)18(26)30)25-24-14-8(2)11(7-22)17(29)27(23-3)19(14)31/h5,23,31H,4H2,1-3H3/b25-24+. The van der Waals surface area contributed by atoms with Gasteiger partial charge in [-0.15, -0.1) is 10.2 Å². The molecule has 0 spiro atoms. The van der Waals surface area contributed by atoms with Crippen molar-refractivity contribution in [2.24, 2.45) is 10.2 Å². The molecule has 1 aliphatic rings. The summed E-state index contributed by atoms with van der Waals surface area (Å²) in [6, 6.07) is 4.92. The van der Waals surface area contributed by atoms with Gasteiger partial charge in [0.25, 0.3) is 17.4 Å². The molecule has 2 aromatic rings. The van der Waals surface area contributed by atoms with Gasteiger partial charge in [0.2, 0.25) is 5.88 Å². The highest BCUT2D eigenvalue weighted by Gasteiger charge is 2.38. The highest BCUT2D eigenvalue weighted by atomic mass is 79.9. The van der Waals surface area contributed by atoms with Crippen molar-refractivity contribution in [2.75, 3.05) is 19.0 Å². The van der Waals surface area contributed by atoms with Gasteiger partial charge < -0.3 is 10.5 Å².